The summed E-state index contributed by atoms with van der Waals surface area (Å²) in [4.78, 5) is 18.5. The largest absolute Gasteiger partial charge is 0.452 e. The lowest BCUT2D eigenvalue weighted by Gasteiger charge is -2.00. The van der Waals surface area contributed by atoms with Crippen LogP contribution in [0.2, 0.25) is 0 Å². The van der Waals surface area contributed by atoms with Gasteiger partial charge in [-0.1, -0.05) is 75.8 Å². The summed E-state index contributed by atoms with van der Waals surface area (Å²) >= 11 is 4.79. The maximum absolute atomic E-state index is 13.4. The minimum absolute atomic E-state index is 0.230. The molecule has 0 radical (unpaired) electrons. The molecule has 38 heavy (non-hydrogen) atoms. The quantitative estimate of drug-likeness (QED) is 0.254. The summed E-state index contributed by atoms with van der Waals surface area (Å²) in [5, 5.41) is 10.4. The van der Waals surface area contributed by atoms with E-state index in [0.29, 0.717) is 21.1 Å². The summed E-state index contributed by atoms with van der Waals surface area (Å²) in [6, 6.07) is 25.7. The first-order chi connectivity index (χ1) is 18.5. The van der Waals surface area contributed by atoms with Crippen LogP contribution in [-0.4, -0.2) is 24.4 Å². The number of hydrogen-bond acceptors (Lipinski definition) is 6. The summed E-state index contributed by atoms with van der Waals surface area (Å²) in [6.45, 7) is 1.97. The van der Waals surface area contributed by atoms with Crippen LogP contribution in [0.25, 0.3) is 50.5 Å². The van der Waals surface area contributed by atoms with Gasteiger partial charge in [0.25, 0.3) is 5.56 Å². The highest BCUT2D eigenvalue weighted by atomic mass is 79.9. The fourth-order valence-electron chi connectivity index (χ4n) is 4.50. The number of rotatable bonds is 4. The van der Waals surface area contributed by atoms with Crippen LogP contribution in [0.4, 0.5) is 0 Å². The van der Waals surface area contributed by atoms with E-state index in [1.807, 2.05) is 103 Å². The Morgan fingerprint density at radius 2 is 1.71 bits per heavy atom. The van der Waals surface area contributed by atoms with Crippen molar-refractivity contribution in [2.45, 2.75) is 6.92 Å². The predicted octanol–water partition coefficient (Wildman–Crippen LogP) is 6.04. The number of aryl methyl sites for hydroxylation is 1. The number of aromatic nitrogens is 5. The van der Waals surface area contributed by atoms with Crippen molar-refractivity contribution < 1.29 is 4.42 Å². The first-order valence-corrected chi connectivity index (χ1v) is 13.5. The van der Waals surface area contributed by atoms with Crippen molar-refractivity contribution in [3.05, 3.63) is 116 Å². The van der Waals surface area contributed by atoms with Gasteiger partial charge < -0.3 is 4.42 Å². The Hall–Kier alpha value is -4.34. The number of hydrogen-bond donors (Lipinski definition) is 0. The van der Waals surface area contributed by atoms with Crippen LogP contribution in [0.1, 0.15) is 11.1 Å². The zero-order valence-electron chi connectivity index (χ0n) is 20.0. The third-order valence-electron chi connectivity index (χ3n) is 6.40. The molecule has 3 aromatic carbocycles. The van der Waals surface area contributed by atoms with Crippen LogP contribution in [0.5, 0.6) is 0 Å². The molecule has 0 aliphatic heterocycles. The van der Waals surface area contributed by atoms with E-state index in [1.165, 1.54) is 15.9 Å². The van der Waals surface area contributed by atoms with Crippen molar-refractivity contribution in [2.75, 3.05) is 0 Å². The lowest BCUT2D eigenvalue weighted by molar-refractivity contribution is 0.622. The number of furan rings is 1. The minimum Gasteiger partial charge on any atom is -0.452 e. The normalized spacial score (nSPS) is 12.2. The maximum Gasteiger partial charge on any atom is 0.291 e. The van der Waals surface area contributed by atoms with Gasteiger partial charge >= 0.3 is 0 Å². The Morgan fingerprint density at radius 3 is 2.47 bits per heavy atom. The third kappa shape index (κ3) is 3.79. The SMILES string of the molecule is Cc1c(-c2nc3sc(=Cc4cn(-c5ccccc5)nc4-c4ccc(Br)cc4)c(=O)n3n2)oc2ccccc12. The topological polar surface area (TPSA) is 78.2 Å². The van der Waals surface area contributed by atoms with Crippen molar-refractivity contribution in [3.63, 3.8) is 0 Å². The van der Waals surface area contributed by atoms with Crippen molar-refractivity contribution in [3.8, 4) is 28.5 Å². The Labute approximate surface area is 228 Å². The van der Waals surface area contributed by atoms with Gasteiger partial charge in [-0.15, -0.1) is 5.10 Å². The predicted molar refractivity (Wildman–Crippen MR) is 153 cm³/mol. The molecule has 0 unspecified atom stereocenters. The molecule has 9 heteroatoms. The highest BCUT2D eigenvalue weighted by molar-refractivity contribution is 9.10. The van der Waals surface area contributed by atoms with Crippen molar-refractivity contribution >= 4 is 49.3 Å². The minimum atomic E-state index is -0.230. The van der Waals surface area contributed by atoms with E-state index in [9.17, 15) is 4.79 Å². The van der Waals surface area contributed by atoms with E-state index in [4.69, 9.17) is 9.52 Å². The molecular weight excluding hydrogens is 562 g/mol. The van der Waals surface area contributed by atoms with Gasteiger partial charge in [0.05, 0.1) is 15.9 Å². The van der Waals surface area contributed by atoms with Crippen LogP contribution in [0, 0.1) is 6.92 Å². The average molecular weight is 580 g/mol. The molecule has 0 saturated heterocycles. The molecule has 0 fully saturated rings. The molecule has 0 bridgehead atoms. The van der Waals surface area contributed by atoms with E-state index in [-0.39, 0.29) is 5.56 Å². The number of benzene rings is 3. The molecule has 4 aromatic heterocycles. The monoisotopic (exact) mass is 579 g/mol. The van der Waals surface area contributed by atoms with E-state index in [2.05, 4.69) is 26.0 Å². The molecule has 0 saturated carbocycles. The number of fused-ring (bicyclic) bond motifs is 2. The maximum atomic E-state index is 13.4. The first kappa shape index (κ1) is 22.8. The smallest absolute Gasteiger partial charge is 0.291 e. The van der Waals surface area contributed by atoms with E-state index in [0.717, 1.165) is 43.5 Å². The average Bonchev–Trinajstić information content (AvgIpc) is 3.69. The molecule has 7 aromatic rings. The van der Waals surface area contributed by atoms with Crippen LogP contribution in [-0.2, 0) is 0 Å². The second kappa shape index (κ2) is 8.90. The first-order valence-electron chi connectivity index (χ1n) is 11.9. The number of halogens is 1. The number of nitrogens with zero attached hydrogens (tertiary/aromatic N) is 5. The fraction of sp³-hybridized carbons (Fsp3) is 0.0345. The summed E-state index contributed by atoms with van der Waals surface area (Å²) in [5.74, 6) is 0.981. The summed E-state index contributed by atoms with van der Waals surface area (Å²) in [5.41, 5.74) is 4.97. The summed E-state index contributed by atoms with van der Waals surface area (Å²) < 4.78 is 10.7. The molecule has 0 N–H and O–H groups in total. The second-order valence-corrected chi connectivity index (χ2v) is 10.7. The van der Waals surface area contributed by atoms with Crippen LogP contribution in [0.3, 0.4) is 0 Å². The van der Waals surface area contributed by atoms with Gasteiger partial charge in [0.1, 0.15) is 5.58 Å². The van der Waals surface area contributed by atoms with Crippen molar-refractivity contribution in [1.29, 1.82) is 0 Å². The molecule has 0 aliphatic rings. The Kier molecular flexibility index (Phi) is 5.34. The molecule has 4 heterocycles. The molecule has 7 nitrogen and oxygen atoms in total. The lowest BCUT2D eigenvalue weighted by Crippen LogP contribution is -2.23. The number of thiazole rings is 1. The lowest BCUT2D eigenvalue weighted by atomic mass is 10.1. The van der Waals surface area contributed by atoms with Crippen LogP contribution in [0.15, 0.2) is 98.7 Å². The molecule has 0 spiro atoms. The molecule has 0 aliphatic carbocycles. The van der Waals surface area contributed by atoms with E-state index >= 15 is 0 Å². The van der Waals surface area contributed by atoms with Gasteiger partial charge in [0.15, 0.2) is 5.76 Å². The molecular formula is C29H18BrN5O2S. The molecule has 0 atom stereocenters. The van der Waals surface area contributed by atoms with Gasteiger partial charge in [-0.2, -0.15) is 14.6 Å². The van der Waals surface area contributed by atoms with Gasteiger partial charge in [-0.3, -0.25) is 4.79 Å². The van der Waals surface area contributed by atoms with Gasteiger partial charge in [0, 0.05) is 32.7 Å². The molecule has 7 rings (SSSR count). The standard InChI is InChI=1S/C29H18BrN5O2S/c1-17-22-9-5-6-10-23(22)37-26(17)27-31-29-35(33-27)28(36)24(38-29)15-19-16-34(21-7-3-2-4-8-21)32-25(19)18-11-13-20(30)14-12-18/h2-16H,1H3. The zero-order valence-corrected chi connectivity index (χ0v) is 22.4. The highest BCUT2D eigenvalue weighted by Crippen LogP contribution is 2.31. The molecule has 0 amide bonds. The van der Waals surface area contributed by atoms with Crippen LogP contribution >= 0.6 is 27.3 Å². The fourth-order valence-corrected chi connectivity index (χ4v) is 5.66. The second-order valence-electron chi connectivity index (χ2n) is 8.82. The van der Waals surface area contributed by atoms with E-state index in [1.54, 1.807) is 0 Å². The van der Waals surface area contributed by atoms with Crippen molar-refractivity contribution in [2.24, 2.45) is 0 Å². The Balaban J connectivity index is 1.36. The Bertz CT molecular complexity index is 2070. The summed E-state index contributed by atoms with van der Waals surface area (Å²) in [7, 11) is 0. The van der Waals surface area contributed by atoms with Gasteiger partial charge in [-0.05, 0) is 43.3 Å². The van der Waals surface area contributed by atoms with E-state index < -0.39 is 0 Å². The van der Waals surface area contributed by atoms with Crippen molar-refractivity contribution in [1.82, 2.24) is 24.4 Å². The third-order valence-corrected chi connectivity index (χ3v) is 7.88. The van der Waals surface area contributed by atoms with Crippen LogP contribution < -0.4 is 10.1 Å². The number of para-hydroxylation sites is 2. The van der Waals surface area contributed by atoms with Gasteiger partial charge in [0.2, 0.25) is 10.8 Å². The zero-order chi connectivity index (χ0) is 25.8. The van der Waals surface area contributed by atoms with Gasteiger partial charge in [-0.25, -0.2) is 4.68 Å². The Morgan fingerprint density at radius 1 is 0.947 bits per heavy atom. The highest BCUT2D eigenvalue weighted by Gasteiger charge is 2.19. The summed E-state index contributed by atoms with van der Waals surface area (Å²) in [6.07, 6.45) is 3.80. The molecule has 184 valence electrons.